The largest absolute Gasteiger partial charge is 0.508 e. The molecule has 0 saturated carbocycles. The van der Waals surface area contributed by atoms with Crippen LogP contribution in [0.15, 0.2) is 54.6 Å². The van der Waals surface area contributed by atoms with Crippen molar-refractivity contribution in [3.05, 3.63) is 88.0 Å². The molecule has 3 rings (SSSR count). The highest BCUT2D eigenvalue weighted by Gasteiger charge is 2.16. The second kappa shape index (κ2) is 11.7. The van der Waals surface area contributed by atoms with Crippen molar-refractivity contribution in [2.45, 2.75) is 52.5 Å². The Balaban J connectivity index is 1.59. The lowest BCUT2D eigenvalue weighted by molar-refractivity contribution is -0.407. The maximum Gasteiger partial charge on any atom is 0.362 e. The quantitative estimate of drug-likeness (QED) is 0.291. The first-order valence-corrected chi connectivity index (χ1v) is 11.9. The standard InChI is InChI=1S/C29H33NO6/c1-17(2)24-13-21(7-10-27(24)31)14-25-18(3)11-23(12-19(25)4)35-16-28(32)36-22-8-5-20(6-9-22)15-26(30)29(33)34/h5-13,17,26,31H,14-16,30H2,1-4H3,(H,33,34)/p+1/t26-/m0/s1. The van der Waals surface area contributed by atoms with Crippen LogP contribution in [0.2, 0.25) is 0 Å². The van der Waals surface area contributed by atoms with Gasteiger partial charge >= 0.3 is 11.9 Å². The molecule has 3 aromatic carbocycles. The van der Waals surface area contributed by atoms with E-state index in [0.29, 0.717) is 23.7 Å². The zero-order valence-corrected chi connectivity index (χ0v) is 21.2. The summed E-state index contributed by atoms with van der Waals surface area (Å²) in [7, 11) is 0. The first-order valence-electron chi connectivity index (χ1n) is 11.9. The van der Waals surface area contributed by atoms with Crippen molar-refractivity contribution in [1.29, 1.82) is 0 Å². The summed E-state index contributed by atoms with van der Waals surface area (Å²) >= 11 is 0. The van der Waals surface area contributed by atoms with E-state index in [9.17, 15) is 14.7 Å². The van der Waals surface area contributed by atoms with Gasteiger partial charge in [0.05, 0.1) is 0 Å². The number of hydrogen-bond donors (Lipinski definition) is 3. The highest BCUT2D eigenvalue weighted by Crippen LogP contribution is 2.29. The zero-order chi connectivity index (χ0) is 26.4. The number of rotatable bonds is 10. The summed E-state index contributed by atoms with van der Waals surface area (Å²) in [5.74, 6) is 0.0117. The van der Waals surface area contributed by atoms with Gasteiger partial charge in [-0.2, -0.15) is 0 Å². The number of carbonyl (C=O) groups is 2. The Labute approximate surface area is 211 Å². The molecule has 0 heterocycles. The number of phenols is 1. The Bertz CT molecular complexity index is 1210. The molecule has 0 aliphatic heterocycles. The summed E-state index contributed by atoms with van der Waals surface area (Å²) in [5.41, 5.74) is 9.74. The van der Waals surface area contributed by atoms with Crippen LogP contribution in [0.25, 0.3) is 0 Å². The first kappa shape index (κ1) is 26.8. The number of carboxylic acids is 1. The third-order valence-electron chi connectivity index (χ3n) is 6.11. The minimum Gasteiger partial charge on any atom is -0.508 e. The summed E-state index contributed by atoms with van der Waals surface area (Å²) in [6, 6.07) is 15.5. The molecule has 0 bridgehead atoms. The lowest BCUT2D eigenvalue weighted by Crippen LogP contribution is -2.65. The molecule has 0 unspecified atom stereocenters. The predicted molar refractivity (Wildman–Crippen MR) is 137 cm³/mol. The van der Waals surface area contributed by atoms with Crippen molar-refractivity contribution < 1.29 is 35.0 Å². The molecule has 0 aliphatic rings. The van der Waals surface area contributed by atoms with E-state index < -0.39 is 18.0 Å². The number of aliphatic carboxylic acids is 1. The van der Waals surface area contributed by atoms with Crippen LogP contribution in [-0.4, -0.2) is 34.8 Å². The van der Waals surface area contributed by atoms with Gasteiger partial charge in [0, 0.05) is 6.42 Å². The number of carboxylic acid groups (broad SMARTS) is 1. The van der Waals surface area contributed by atoms with E-state index in [1.165, 1.54) is 5.56 Å². The molecule has 7 nitrogen and oxygen atoms in total. The summed E-state index contributed by atoms with van der Waals surface area (Å²) in [5, 5.41) is 19.1. The Kier molecular flexibility index (Phi) is 8.72. The Morgan fingerprint density at radius 1 is 0.917 bits per heavy atom. The SMILES string of the molecule is Cc1cc(OCC(=O)Oc2ccc(C[C@H]([NH3+])C(=O)O)cc2)cc(C)c1Cc1ccc(O)c(C(C)C)c1. The van der Waals surface area contributed by atoms with Crippen LogP contribution in [-0.2, 0) is 22.4 Å². The second-order valence-electron chi connectivity index (χ2n) is 9.41. The van der Waals surface area contributed by atoms with E-state index in [2.05, 4.69) is 25.6 Å². The lowest BCUT2D eigenvalue weighted by atomic mass is 9.93. The molecule has 0 fully saturated rings. The van der Waals surface area contributed by atoms with E-state index in [1.807, 2.05) is 32.0 Å². The number of phenolic OH excluding ortho intramolecular Hbond substituents is 1. The maximum atomic E-state index is 12.3. The number of hydrogen-bond acceptors (Lipinski definition) is 5. The van der Waals surface area contributed by atoms with Crippen molar-refractivity contribution in [2.24, 2.45) is 0 Å². The minimum absolute atomic E-state index is 0.235. The van der Waals surface area contributed by atoms with Gasteiger partial charge in [-0.15, -0.1) is 0 Å². The number of benzene rings is 3. The second-order valence-corrected chi connectivity index (χ2v) is 9.41. The van der Waals surface area contributed by atoms with Gasteiger partial charge in [-0.3, -0.25) is 0 Å². The van der Waals surface area contributed by atoms with Crippen LogP contribution in [0.4, 0.5) is 0 Å². The van der Waals surface area contributed by atoms with Gasteiger partial charge in [-0.25, -0.2) is 9.59 Å². The average molecular weight is 493 g/mol. The van der Waals surface area contributed by atoms with Gasteiger partial charge in [0.25, 0.3) is 0 Å². The van der Waals surface area contributed by atoms with Crippen molar-refractivity contribution >= 4 is 11.9 Å². The van der Waals surface area contributed by atoms with E-state index in [0.717, 1.165) is 34.2 Å². The minimum atomic E-state index is -0.957. The summed E-state index contributed by atoms with van der Waals surface area (Å²) in [6.45, 7) is 7.90. The third-order valence-corrected chi connectivity index (χ3v) is 6.11. The molecule has 190 valence electrons. The lowest BCUT2D eigenvalue weighted by Gasteiger charge is -2.15. The van der Waals surface area contributed by atoms with E-state index in [-0.39, 0.29) is 12.5 Å². The highest BCUT2D eigenvalue weighted by atomic mass is 16.6. The molecule has 0 amide bonds. The summed E-state index contributed by atoms with van der Waals surface area (Å²) < 4.78 is 11.0. The van der Waals surface area contributed by atoms with Gasteiger partial charge in [0.1, 0.15) is 17.2 Å². The number of aryl methyl sites for hydroxylation is 2. The van der Waals surface area contributed by atoms with Crippen molar-refractivity contribution in [3.8, 4) is 17.2 Å². The summed E-state index contributed by atoms with van der Waals surface area (Å²) in [6.07, 6.45) is 1.03. The molecule has 0 aliphatic carbocycles. The molecule has 7 heteroatoms. The van der Waals surface area contributed by atoms with Crippen LogP contribution in [0, 0.1) is 13.8 Å². The number of ether oxygens (including phenoxy) is 2. The average Bonchev–Trinajstić information content (AvgIpc) is 2.82. The van der Waals surface area contributed by atoms with Gasteiger partial charge in [0.2, 0.25) is 0 Å². The molecule has 3 aromatic rings. The smallest absolute Gasteiger partial charge is 0.362 e. The van der Waals surface area contributed by atoms with Crippen molar-refractivity contribution in [1.82, 2.24) is 0 Å². The molecule has 0 spiro atoms. The molecular weight excluding hydrogens is 458 g/mol. The van der Waals surface area contributed by atoms with Crippen LogP contribution in [0.5, 0.6) is 17.2 Å². The van der Waals surface area contributed by atoms with Gasteiger partial charge in [0.15, 0.2) is 12.6 Å². The third kappa shape index (κ3) is 7.09. The van der Waals surface area contributed by atoms with E-state index >= 15 is 0 Å². The van der Waals surface area contributed by atoms with Crippen LogP contribution in [0.1, 0.15) is 53.1 Å². The van der Waals surface area contributed by atoms with Crippen LogP contribution in [0.3, 0.4) is 0 Å². The van der Waals surface area contributed by atoms with Crippen LogP contribution < -0.4 is 15.2 Å². The Morgan fingerprint density at radius 3 is 2.11 bits per heavy atom. The molecule has 36 heavy (non-hydrogen) atoms. The molecule has 1 atom stereocenters. The fourth-order valence-electron chi connectivity index (χ4n) is 4.06. The monoisotopic (exact) mass is 492 g/mol. The number of esters is 1. The van der Waals surface area contributed by atoms with Gasteiger partial charge in [-0.1, -0.05) is 38.1 Å². The van der Waals surface area contributed by atoms with Gasteiger partial charge < -0.3 is 25.4 Å². The van der Waals surface area contributed by atoms with Crippen LogP contribution >= 0.6 is 0 Å². The molecule has 0 saturated heterocycles. The Hall–Kier alpha value is -3.84. The molecule has 5 N–H and O–H groups in total. The number of carbonyl (C=O) groups excluding carboxylic acids is 1. The highest BCUT2D eigenvalue weighted by molar-refractivity contribution is 5.74. The van der Waals surface area contributed by atoms with Crippen molar-refractivity contribution in [3.63, 3.8) is 0 Å². The van der Waals surface area contributed by atoms with Gasteiger partial charge in [-0.05, 0) is 89.9 Å². The zero-order valence-electron chi connectivity index (χ0n) is 21.2. The number of aromatic hydroxyl groups is 1. The maximum absolute atomic E-state index is 12.3. The molecular formula is C29H34NO6+. The molecule has 0 radical (unpaired) electrons. The first-order chi connectivity index (χ1) is 17.0. The fraction of sp³-hybridized carbons (Fsp3) is 0.310. The van der Waals surface area contributed by atoms with E-state index in [4.69, 9.17) is 14.6 Å². The van der Waals surface area contributed by atoms with E-state index in [1.54, 1.807) is 30.3 Å². The molecule has 0 aromatic heterocycles. The fourth-order valence-corrected chi connectivity index (χ4v) is 4.06. The Morgan fingerprint density at radius 2 is 1.53 bits per heavy atom. The number of quaternary nitrogens is 1. The predicted octanol–water partition coefficient (Wildman–Crippen LogP) is 3.95. The topological polar surface area (TPSA) is 121 Å². The normalized spacial score (nSPS) is 11.8. The summed E-state index contributed by atoms with van der Waals surface area (Å²) in [4.78, 5) is 23.2. The van der Waals surface area contributed by atoms with Crippen molar-refractivity contribution in [2.75, 3.05) is 6.61 Å².